The van der Waals surface area contributed by atoms with Gasteiger partial charge in [-0.1, -0.05) is 49.4 Å². The molecule has 0 bridgehead atoms. The Hall–Kier alpha value is -4.27. The number of ether oxygens (including phenoxy) is 1. The lowest BCUT2D eigenvalue weighted by Gasteiger charge is -2.19. The number of Topliss-reactive ketones (excluding diaryl/α,β-unsaturated/α-hetero) is 1. The van der Waals surface area contributed by atoms with E-state index in [0.717, 1.165) is 24.3 Å². The van der Waals surface area contributed by atoms with Gasteiger partial charge in [-0.05, 0) is 36.8 Å². The molecule has 178 valence electrons. The third kappa shape index (κ3) is 4.44. The molecule has 1 aliphatic rings. The highest BCUT2D eigenvalue weighted by Crippen LogP contribution is 2.39. The lowest BCUT2D eigenvalue weighted by Crippen LogP contribution is -2.31. The summed E-state index contributed by atoms with van der Waals surface area (Å²) in [6.45, 7) is 1.67. The molecule has 0 saturated heterocycles. The van der Waals surface area contributed by atoms with Crippen LogP contribution in [0.1, 0.15) is 60.3 Å². The number of amides is 2. The van der Waals surface area contributed by atoms with Crippen molar-refractivity contribution in [2.75, 3.05) is 4.90 Å². The van der Waals surface area contributed by atoms with Crippen molar-refractivity contribution in [3.63, 3.8) is 0 Å². The number of benzene rings is 3. The van der Waals surface area contributed by atoms with Gasteiger partial charge in [-0.3, -0.25) is 14.4 Å². The van der Waals surface area contributed by atoms with Crippen molar-refractivity contribution in [3.05, 3.63) is 101 Å². The Morgan fingerprint density at radius 1 is 0.857 bits per heavy atom. The number of ketones is 1. The van der Waals surface area contributed by atoms with Crippen molar-refractivity contribution < 1.29 is 37.1 Å². The topological polar surface area (TPSA) is 80.8 Å². The summed E-state index contributed by atoms with van der Waals surface area (Å²) in [6.07, 6.45) is -5.67. The molecule has 0 saturated carbocycles. The largest absolute Gasteiger partial charge is 0.450 e. The maximum absolute atomic E-state index is 13.5. The van der Waals surface area contributed by atoms with Crippen LogP contribution in [0.4, 0.5) is 18.9 Å². The average molecular weight is 481 g/mol. The zero-order chi connectivity index (χ0) is 25.3. The Kier molecular flexibility index (Phi) is 6.26. The average Bonchev–Trinajstić information content (AvgIpc) is 3.11. The number of fused-ring (bicyclic) bond motifs is 1. The number of hydrogen-bond donors (Lipinski definition) is 0. The predicted octanol–water partition coefficient (Wildman–Crippen LogP) is 5.32. The lowest BCUT2D eigenvalue weighted by atomic mass is 10.0. The highest BCUT2D eigenvalue weighted by Gasteiger charge is 2.42. The van der Waals surface area contributed by atoms with Crippen LogP contribution in [-0.4, -0.2) is 29.7 Å². The Bertz CT molecular complexity index is 1330. The number of rotatable bonds is 6. The summed E-state index contributed by atoms with van der Waals surface area (Å²) in [4.78, 5) is 51.6. The number of para-hydroxylation sites is 1. The van der Waals surface area contributed by atoms with Crippen LogP contribution in [0.25, 0.3) is 0 Å². The minimum Gasteiger partial charge on any atom is -0.450 e. The first kappa shape index (κ1) is 23.9. The van der Waals surface area contributed by atoms with E-state index in [0.29, 0.717) is 10.5 Å². The summed E-state index contributed by atoms with van der Waals surface area (Å²) < 4.78 is 45.7. The number of anilines is 1. The number of carbonyl (C=O) groups is 4. The minimum absolute atomic E-state index is 0.116. The summed E-state index contributed by atoms with van der Waals surface area (Å²) in [7, 11) is 0. The maximum atomic E-state index is 13.5. The molecule has 6 nitrogen and oxygen atoms in total. The van der Waals surface area contributed by atoms with Crippen molar-refractivity contribution >= 4 is 29.3 Å². The third-order valence-corrected chi connectivity index (χ3v) is 5.54. The predicted molar refractivity (Wildman–Crippen MR) is 119 cm³/mol. The standard InChI is InChI=1S/C26H18F3NO5/c1-2-21(22(31)15-8-4-3-5-9-15)35-25(34)16-12-13-17-18(14-16)24(33)30(23(17)32)20-11-7-6-10-19(20)26(27,28)29/h3-14,21H,2H2,1H3/t21-/m0/s1. The fourth-order valence-corrected chi connectivity index (χ4v) is 3.80. The minimum atomic E-state index is -4.79. The molecule has 0 unspecified atom stereocenters. The van der Waals surface area contributed by atoms with Gasteiger partial charge in [-0.2, -0.15) is 13.2 Å². The Morgan fingerprint density at radius 2 is 1.49 bits per heavy atom. The second kappa shape index (κ2) is 9.17. The third-order valence-electron chi connectivity index (χ3n) is 5.54. The molecule has 1 atom stereocenters. The zero-order valence-corrected chi connectivity index (χ0v) is 18.3. The molecule has 1 aliphatic heterocycles. The van der Waals surface area contributed by atoms with Gasteiger partial charge < -0.3 is 4.74 Å². The monoisotopic (exact) mass is 481 g/mol. The highest BCUT2D eigenvalue weighted by molar-refractivity contribution is 6.35. The second-order valence-electron chi connectivity index (χ2n) is 7.75. The summed E-state index contributed by atoms with van der Waals surface area (Å²) in [6, 6.07) is 16.0. The molecule has 0 aromatic heterocycles. The number of carbonyl (C=O) groups excluding carboxylic acids is 4. The van der Waals surface area contributed by atoms with Crippen LogP contribution in [0.2, 0.25) is 0 Å². The SMILES string of the molecule is CC[C@H](OC(=O)c1ccc2c(c1)C(=O)N(c1ccccc1C(F)(F)F)C2=O)C(=O)c1ccccc1. The summed E-state index contributed by atoms with van der Waals surface area (Å²) in [5, 5.41) is 0. The van der Waals surface area contributed by atoms with E-state index in [9.17, 15) is 32.3 Å². The number of halogens is 3. The zero-order valence-electron chi connectivity index (χ0n) is 18.3. The number of alkyl halides is 3. The molecular formula is C26H18F3NO5. The molecule has 35 heavy (non-hydrogen) atoms. The fraction of sp³-hybridized carbons (Fsp3) is 0.154. The van der Waals surface area contributed by atoms with E-state index >= 15 is 0 Å². The molecule has 0 N–H and O–H groups in total. The van der Waals surface area contributed by atoms with Crippen LogP contribution in [0.15, 0.2) is 72.8 Å². The van der Waals surface area contributed by atoms with Gasteiger partial charge in [0.15, 0.2) is 6.10 Å². The molecule has 2 amide bonds. The summed E-state index contributed by atoms with van der Waals surface area (Å²) in [5.41, 5.74) is -1.87. The maximum Gasteiger partial charge on any atom is 0.418 e. The van der Waals surface area contributed by atoms with E-state index in [1.807, 2.05) is 0 Å². The van der Waals surface area contributed by atoms with Crippen molar-refractivity contribution in [2.24, 2.45) is 0 Å². The molecule has 1 heterocycles. The second-order valence-corrected chi connectivity index (χ2v) is 7.75. The number of hydrogen-bond acceptors (Lipinski definition) is 5. The quantitative estimate of drug-likeness (QED) is 0.270. The van der Waals surface area contributed by atoms with Crippen molar-refractivity contribution in [2.45, 2.75) is 25.6 Å². The highest BCUT2D eigenvalue weighted by atomic mass is 19.4. The fourth-order valence-electron chi connectivity index (χ4n) is 3.80. The van der Waals surface area contributed by atoms with E-state index in [2.05, 4.69) is 0 Å². The van der Waals surface area contributed by atoms with Gasteiger partial charge in [-0.15, -0.1) is 0 Å². The molecule has 3 aromatic rings. The molecule has 0 spiro atoms. The Balaban J connectivity index is 1.61. The van der Waals surface area contributed by atoms with Crippen LogP contribution in [0.3, 0.4) is 0 Å². The van der Waals surface area contributed by atoms with Crippen LogP contribution in [-0.2, 0) is 10.9 Å². The van der Waals surface area contributed by atoms with Crippen LogP contribution < -0.4 is 4.90 Å². The first-order chi connectivity index (χ1) is 16.6. The molecular weight excluding hydrogens is 463 g/mol. The molecule has 0 aliphatic carbocycles. The number of imide groups is 1. The van der Waals surface area contributed by atoms with E-state index in [1.165, 1.54) is 18.2 Å². The molecule has 0 radical (unpaired) electrons. The molecule has 3 aromatic carbocycles. The van der Waals surface area contributed by atoms with Gasteiger partial charge in [0.05, 0.1) is 27.9 Å². The van der Waals surface area contributed by atoms with E-state index < -0.39 is 47.1 Å². The summed E-state index contributed by atoms with van der Waals surface area (Å²) in [5.74, 6) is -3.24. The first-order valence-electron chi connectivity index (χ1n) is 10.6. The van der Waals surface area contributed by atoms with Crippen molar-refractivity contribution in [3.8, 4) is 0 Å². The van der Waals surface area contributed by atoms with Crippen molar-refractivity contribution in [1.82, 2.24) is 0 Å². The molecule has 9 heteroatoms. The van der Waals surface area contributed by atoms with Gasteiger partial charge in [0.25, 0.3) is 11.8 Å². The number of esters is 1. The summed E-state index contributed by atoms with van der Waals surface area (Å²) >= 11 is 0. The van der Waals surface area contributed by atoms with Gasteiger partial charge in [0, 0.05) is 5.56 Å². The van der Waals surface area contributed by atoms with Gasteiger partial charge >= 0.3 is 12.1 Å². The smallest absolute Gasteiger partial charge is 0.418 e. The Morgan fingerprint density at radius 3 is 2.14 bits per heavy atom. The van der Waals surface area contributed by atoms with Crippen LogP contribution in [0.5, 0.6) is 0 Å². The van der Waals surface area contributed by atoms with E-state index in [1.54, 1.807) is 37.3 Å². The van der Waals surface area contributed by atoms with Gasteiger partial charge in [0.2, 0.25) is 5.78 Å². The van der Waals surface area contributed by atoms with Crippen molar-refractivity contribution in [1.29, 1.82) is 0 Å². The number of nitrogens with zero attached hydrogens (tertiary/aromatic N) is 1. The van der Waals surface area contributed by atoms with E-state index in [-0.39, 0.29) is 23.1 Å². The van der Waals surface area contributed by atoms with Crippen LogP contribution >= 0.6 is 0 Å². The lowest BCUT2D eigenvalue weighted by molar-refractivity contribution is -0.137. The first-order valence-corrected chi connectivity index (χ1v) is 10.6. The normalized spacial score (nSPS) is 14.0. The Labute approximate surface area is 197 Å². The van der Waals surface area contributed by atoms with E-state index in [4.69, 9.17) is 4.74 Å². The molecule has 0 fully saturated rings. The van der Waals surface area contributed by atoms with Gasteiger partial charge in [0.1, 0.15) is 0 Å². The van der Waals surface area contributed by atoms with Crippen LogP contribution in [0, 0.1) is 0 Å². The molecule has 4 rings (SSSR count). The van der Waals surface area contributed by atoms with Gasteiger partial charge in [-0.25, -0.2) is 9.69 Å².